The topological polar surface area (TPSA) is 51.4 Å². The van der Waals surface area contributed by atoms with Crippen LogP contribution in [0, 0.1) is 11.7 Å². The van der Waals surface area contributed by atoms with Crippen LogP contribution in [0.5, 0.6) is 0 Å². The second-order valence-corrected chi connectivity index (χ2v) is 9.46. The Morgan fingerprint density at radius 1 is 1.27 bits per heavy atom. The largest absolute Gasteiger partial charge is 0.365 e. The van der Waals surface area contributed by atoms with Gasteiger partial charge in [-0.3, -0.25) is 14.6 Å². The van der Waals surface area contributed by atoms with Crippen molar-refractivity contribution in [2.75, 3.05) is 19.6 Å². The van der Waals surface area contributed by atoms with Gasteiger partial charge in [0, 0.05) is 59.8 Å². The molecule has 1 unspecified atom stereocenters. The Labute approximate surface area is 194 Å². The zero-order valence-corrected chi connectivity index (χ0v) is 19.5. The number of aromatic nitrogens is 1. The van der Waals surface area contributed by atoms with Crippen molar-refractivity contribution in [2.24, 2.45) is 5.92 Å². The number of amides is 1. The number of carbonyl (C=O) groups is 1. The summed E-state index contributed by atoms with van der Waals surface area (Å²) in [7, 11) is 0. The van der Waals surface area contributed by atoms with Crippen LogP contribution in [0.15, 0.2) is 65.7 Å². The number of hydrogen-bond donors (Lipinski definition) is 2. The summed E-state index contributed by atoms with van der Waals surface area (Å²) in [5.74, 6) is 0.324. The molecule has 0 radical (unpaired) electrons. The van der Waals surface area contributed by atoms with Gasteiger partial charge in [0.05, 0.1) is 0 Å². The van der Waals surface area contributed by atoms with Crippen LogP contribution in [0.3, 0.4) is 0 Å². The molecule has 1 aromatic carbocycles. The molecule has 1 atom stereocenters. The normalized spacial score (nSPS) is 21.4. The Hall–Kier alpha value is -3.12. The van der Waals surface area contributed by atoms with Crippen LogP contribution in [0.4, 0.5) is 4.39 Å². The molecular formula is C27H31FN4O. The van der Waals surface area contributed by atoms with Gasteiger partial charge in [-0.05, 0) is 67.2 Å². The van der Waals surface area contributed by atoms with Crippen molar-refractivity contribution in [3.8, 4) is 0 Å². The third kappa shape index (κ3) is 4.15. The molecule has 2 aromatic rings. The van der Waals surface area contributed by atoms with E-state index in [2.05, 4.69) is 41.2 Å². The molecule has 172 valence electrons. The molecule has 0 saturated carbocycles. The summed E-state index contributed by atoms with van der Waals surface area (Å²) in [6, 6.07) is 4.88. The zero-order valence-electron chi connectivity index (χ0n) is 19.5. The molecule has 4 heterocycles. The van der Waals surface area contributed by atoms with Gasteiger partial charge in [-0.15, -0.1) is 0 Å². The summed E-state index contributed by atoms with van der Waals surface area (Å²) < 4.78 is 13.7. The SMILES string of the molecule is CC1=C(CCN2CC=C(c3c[nH]c4ccc(F)cc34)CC2)C(=O)N2C=CC(C(C)C)=CC2N1. The fourth-order valence-corrected chi connectivity index (χ4v) is 4.97. The first kappa shape index (κ1) is 21.7. The van der Waals surface area contributed by atoms with E-state index >= 15 is 0 Å². The number of aromatic amines is 1. The van der Waals surface area contributed by atoms with Gasteiger partial charge in [0.15, 0.2) is 0 Å². The number of nitrogens with zero attached hydrogens (tertiary/aromatic N) is 2. The molecule has 5 rings (SSSR count). The lowest BCUT2D eigenvalue weighted by molar-refractivity contribution is -0.127. The number of fused-ring (bicyclic) bond motifs is 2. The Balaban J connectivity index is 1.24. The van der Waals surface area contributed by atoms with Crippen LogP contribution in [-0.2, 0) is 4.79 Å². The van der Waals surface area contributed by atoms with Gasteiger partial charge in [0.1, 0.15) is 12.0 Å². The van der Waals surface area contributed by atoms with Crippen LogP contribution in [0.2, 0.25) is 0 Å². The molecule has 6 heteroatoms. The predicted molar refractivity (Wildman–Crippen MR) is 130 cm³/mol. The quantitative estimate of drug-likeness (QED) is 0.685. The molecule has 2 N–H and O–H groups in total. The van der Waals surface area contributed by atoms with Crippen LogP contribution < -0.4 is 5.32 Å². The molecule has 1 amide bonds. The second kappa shape index (κ2) is 8.67. The first-order valence-corrected chi connectivity index (χ1v) is 11.8. The number of allylic oxidation sites excluding steroid dienone is 3. The number of carbonyl (C=O) groups excluding carboxylic acids is 1. The first-order valence-electron chi connectivity index (χ1n) is 11.8. The van der Waals surface area contributed by atoms with E-state index in [1.54, 1.807) is 17.0 Å². The molecule has 0 spiro atoms. The van der Waals surface area contributed by atoms with Gasteiger partial charge in [-0.2, -0.15) is 0 Å². The van der Waals surface area contributed by atoms with E-state index < -0.39 is 0 Å². The minimum atomic E-state index is -0.211. The van der Waals surface area contributed by atoms with Crippen molar-refractivity contribution in [1.82, 2.24) is 20.1 Å². The molecule has 3 aliphatic heterocycles. The van der Waals surface area contributed by atoms with Gasteiger partial charge in [-0.1, -0.05) is 19.9 Å². The second-order valence-electron chi connectivity index (χ2n) is 9.46. The molecule has 1 aromatic heterocycles. The average Bonchev–Trinajstić information content (AvgIpc) is 3.22. The van der Waals surface area contributed by atoms with Gasteiger partial charge in [-0.25, -0.2) is 4.39 Å². The molecule has 33 heavy (non-hydrogen) atoms. The van der Waals surface area contributed by atoms with Gasteiger partial charge >= 0.3 is 0 Å². The predicted octanol–water partition coefficient (Wildman–Crippen LogP) is 4.93. The van der Waals surface area contributed by atoms with Crippen LogP contribution in [0.1, 0.15) is 39.2 Å². The summed E-state index contributed by atoms with van der Waals surface area (Å²) in [5, 5.41) is 4.45. The summed E-state index contributed by atoms with van der Waals surface area (Å²) in [6.45, 7) is 8.93. The van der Waals surface area contributed by atoms with Crippen LogP contribution in [-0.4, -0.2) is 46.5 Å². The summed E-state index contributed by atoms with van der Waals surface area (Å²) >= 11 is 0. The Kier molecular flexibility index (Phi) is 5.71. The van der Waals surface area contributed by atoms with Crippen molar-refractivity contribution in [3.05, 3.63) is 77.0 Å². The lowest BCUT2D eigenvalue weighted by Crippen LogP contribution is -2.51. The maximum atomic E-state index is 13.7. The minimum absolute atomic E-state index is 0.0925. The standard InChI is InChI=1S/C27H31FN4O/c1-17(2)20-8-13-32-26(14-20)30-18(3)22(27(32)33)9-12-31-10-6-19(7-11-31)24-16-29-25-5-4-21(28)15-23(24)25/h4-6,8,13-17,26,29-30H,7,9-12H2,1-3H3. The van der Waals surface area contributed by atoms with Gasteiger partial charge < -0.3 is 10.3 Å². The lowest BCUT2D eigenvalue weighted by Gasteiger charge is -2.38. The molecule has 0 fully saturated rings. The summed E-state index contributed by atoms with van der Waals surface area (Å²) in [6.07, 6.45) is 11.9. The number of nitrogens with one attached hydrogen (secondary N) is 2. The number of H-pyrrole nitrogens is 1. The van der Waals surface area contributed by atoms with E-state index in [1.807, 2.05) is 25.4 Å². The fraction of sp³-hybridized carbons (Fsp3) is 0.370. The van der Waals surface area contributed by atoms with Crippen molar-refractivity contribution >= 4 is 22.4 Å². The average molecular weight is 447 g/mol. The van der Waals surface area contributed by atoms with E-state index in [9.17, 15) is 9.18 Å². The third-order valence-electron chi connectivity index (χ3n) is 7.02. The van der Waals surface area contributed by atoms with E-state index in [1.165, 1.54) is 17.2 Å². The van der Waals surface area contributed by atoms with E-state index in [0.29, 0.717) is 5.92 Å². The highest BCUT2D eigenvalue weighted by atomic mass is 19.1. The Morgan fingerprint density at radius 2 is 2.12 bits per heavy atom. The molecule has 0 aliphatic carbocycles. The molecule has 3 aliphatic rings. The number of hydrogen-bond acceptors (Lipinski definition) is 3. The van der Waals surface area contributed by atoms with Crippen molar-refractivity contribution in [3.63, 3.8) is 0 Å². The molecule has 0 saturated heterocycles. The highest BCUT2D eigenvalue weighted by molar-refractivity contribution is 5.96. The van der Waals surface area contributed by atoms with Crippen molar-refractivity contribution in [1.29, 1.82) is 0 Å². The number of rotatable bonds is 5. The fourth-order valence-electron chi connectivity index (χ4n) is 4.97. The molecular weight excluding hydrogens is 415 g/mol. The molecule has 5 nitrogen and oxygen atoms in total. The smallest absolute Gasteiger partial charge is 0.257 e. The van der Waals surface area contributed by atoms with Gasteiger partial charge in [0.2, 0.25) is 0 Å². The first-order chi connectivity index (χ1) is 15.9. The Bertz CT molecular complexity index is 1220. The third-order valence-corrected chi connectivity index (χ3v) is 7.02. The summed E-state index contributed by atoms with van der Waals surface area (Å²) in [4.78, 5) is 20.6. The maximum absolute atomic E-state index is 13.7. The van der Waals surface area contributed by atoms with E-state index in [4.69, 9.17) is 0 Å². The Morgan fingerprint density at radius 3 is 2.88 bits per heavy atom. The minimum Gasteiger partial charge on any atom is -0.365 e. The van der Waals surface area contributed by atoms with Crippen LogP contribution in [0.25, 0.3) is 16.5 Å². The van der Waals surface area contributed by atoms with Gasteiger partial charge in [0.25, 0.3) is 5.91 Å². The summed E-state index contributed by atoms with van der Waals surface area (Å²) in [5.41, 5.74) is 6.39. The zero-order chi connectivity index (χ0) is 23.1. The van der Waals surface area contributed by atoms with E-state index in [0.717, 1.165) is 60.2 Å². The number of benzene rings is 1. The number of halogens is 1. The highest BCUT2D eigenvalue weighted by Gasteiger charge is 2.32. The van der Waals surface area contributed by atoms with Crippen LogP contribution >= 0.6 is 0 Å². The van der Waals surface area contributed by atoms with Crippen molar-refractivity contribution < 1.29 is 9.18 Å². The maximum Gasteiger partial charge on any atom is 0.257 e. The highest BCUT2D eigenvalue weighted by Crippen LogP contribution is 2.31. The lowest BCUT2D eigenvalue weighted by atomic mass is 9.96. The monoisotopic (exact) mass is 446 g/mol. The van der Waals surface area contributed by atoms with Crippen molar-refractivity contribution in [2.45, 2.75) is 39.8 Å². The molecule has 0 bridgehead atoms. The van der Waals surface area contributed by atoms with E-state index in [-0.39, 0.29) is 17.9 Å².